The van der Waals surface area contributed by atoms with Gasteiger partial charge in [0, 0.05) is 18.1 Å². The first-order valence-electron chi connectivity index (χ1n) is 11.0. The Balaban J connectivity index is 1.48. The lowest BCUT2D eigenvalue weighted by Gasteiger charge is -2.30. The number of anilines is 1. The van der Waals surface area contributed by atoms with Crippen molar-refractivity contribution >= 4 is 44.8 Å². The van der Waals surface area contributed by atoms with Crippen LogP contribution in [0.2, 0.25) is 10.0 Å². The predicted molar refractivity (Wildman–Crippen MR) is 133 cm³/mol. The van der Waals surface area contributed by atoms with Crippen molar-refractivity contribution in [1.29, 1.82) is 0 Å². The Kier molecular flexibility index (Phi) is 7.85. The minimum atomic E-state index is -4.84. The molecule has 0 unspecified atom stereocenters. The van der Waals surface area contributed by atoms with Crippen LogP contribution in [0.1, 0.15) is 27.8 Å². The highest BCUT2D eigenvalue weighted by molar-refractivity contribution is 7.88. The number of amides is 1. The van der Waals surface area contributed by atoms with Crippen LogP contribution in [-0.4, -0.2) is 25.2 Å². The van der Waals surface area contributed by atoms with Gasteiger partial charge < -0.3 is 5.32 Å². The Morgan fingerprint density at radius 3 is 2.32 bits per heavy atom. The summed E-state index contributed by atoms with van der Waals surface area (Å²) in [5, 5.41) is 3.38. The fourth-order valence-corrected chi connectivity index (χ4v) is 5.98. The molecule has 0 saturated heterocycles. The number of carbonyl (C=O) groups is 1. The van der Waals surface area contributed by atoms with E-state index in [1.807, 2.05) is 0 Å². The van der Waals surface area contributed by atoms with E-state index in [0.717, 1.165) is 6.07 Å². The van der Waals surface area contributed by atoms with Gasteiger partial charge in [0.15, 0.2) is 0 Å². The van der Waals surface area contributed by atoms with Gasteiger partial charge in [-0.05, 0) is 59.0 Å². The lowest BCUT2D eigenvalue weighted by atomic mass is 9.98. The minimum Gasteiger partial charge on any atom is -0.324 e. The Labute approximate surface area is 221 Å². The molecule has 0 aromatic heterocycles. The molecule has 1 aliphatic heterocycles. The summed E-state index contributed by atoms with van der Waals surface area (Å²) >= 11 is 12.2. The van der Waals surface area contributed by atoms with E-state index >= 15 is 0 Å². The van der Waals surface area contributed by atoms with Gasteiger partial charge in [-0.1, -0.05) is 47.5 Å². The zero-order chi connectivity index (χ0) is 27.0. The quantitative estimate of drug-likeness (QED) is 0.355. The van der Waals surface area contributed by atoms with Crippen molar-refractivity contribution in [2.75, 3.05) is 11.9 Å². The average Bonchev–Trinajstić information content (AvgIpc) is 2.81. The number of fused-ring (bicyclic) bond motifs is 1. The van der Waals surface area contributed by atoms with Gasteiger partial charge in [-0.2, -0.15) is 17.5 Å². The number of benzene rings is 3. The van der Waals surface area contributed by atoms with Crippen LogP contribution >= 0.6 is 23.2 Å². The summed E-state index contributed by atoms with van der Waals surface area (Å²) in [4.78, 5) is 12.6. The molecule has 1 heterocycles. The molecule has 196 valence electrons. The van der Waals surface area contributed by atoms with Gasteiger partial charge in [0.1, 0.15) is 5.82 Å². The molecule has 1 amide bonds. The van der Waals surface area contributed by atoms with Crippen molar-refractivity contribution in [2.24, 2.45) is 0 Å². The fraction of sp³-hybridized carbons (Fsp3) is 0.240. The van der Waals surface area contributed by atoms with E-state index in [1.165, 1.54) is 10.4 Å². The Morgan fingerprint density at radius 1 is 1.00 bits per heavy atom. The van der Waals surface area contributed by atoms with E-state index < -0.39 is 33.5 Å². The van der Waals surface area contributed by atoms with Crippen LogP contribution in [-0.2, 0) is 46.1 Å². The van der Waals surface area contributed by atoms with Crippen molar-refractivity contribution < 1.29 is 30.8 Å². The second kappa shape index (κ2) is 10.6. The average molecular weight is 575 g/mol. The van der Waals surface area contributed by atoms with E-state index in [0.29, 0.717) is 39.5 Å². The van der Waals surface area contributed by atoms with Crippen LogP contribution < -0.4 is 5.32 Å². The fourth-order valence-electron chi connectivity index (χ4n) is 4.12. The molecule has 0 fully saturated rings. The van der Waals surface area contributed by atoms with Crippen molar-refractivity contribution in [2.45, 2.75) is 31.3 Å². The van der Waals surface area contributed by atoms with Gasteiger partial charge >= 0.3 is 6.18 Å². The highest BCUT2D eigenvalue weighted by atomic mass is 35.5. The van der Waals surface area contributed by atoms with E-state index in [4.69, 9.17) is 23.2 Å². The molecule has 3 aromatic rings. The van der Waals surface area contributed by atoms with Gasteiger partial charge in [0.05, 0.1) is 28.4 Å². The molecule has 1 N–H and O–H groups in total. The number of hydrogen-bond donors (Lipinski definition) is 1. The predicted octanol–water partition coefficient (Wildman–Crippen LogP) is 6.22. The third-order valence-corrected chi connectivity index (χ3v) is 8.30. The summed E-state index contributed by atoms with van der Waals surface area (Å²) in [5.74, 6) is -2.26. The van der Waals surface area contributed by atoms with Crippen molar-refractivity contribution in [3.8, 4) is 0 Å². The lowest BCUT2D eigenvalue weighted by Crippen LogP contribution is -2.37. The van der Waals surface area contributed by atoms with Crippen molar-refractivity contribution in [3.05, 3.63) is 98.3 Å². The normalized spacial score (nSPS) is 14.3. The number of alkyl halides is 3. The molecule has 0 aliphatic carbocycles. The number of nitrogens with zero attached hydrogens (tertiary/aromatic N) is 1. The molecule has 3 aromatic carbocycles. The smallest absolute Gasteiger partial charge is 0.324 e. The van der Waals surface area contributed by atoms with Gasteiger partial charge in [-0.3, -0.25) is 4.79 Å². The summed E-state index contributed by atoms with van der Waals surface area (Å²) in [6, 6.07) is 12.0. The lowest BCUT2D eigenvalue weighted by molar-refractivity contribution is -0.140. The van der Waals surface area contributed by atoms with E-state index in [2.05, 4.69) is 5.32 Å². The summed E-state index contributed by atoms with van der Waals surface area (Å²) in [5.41, 5.74) is 0.865. The van der Waals surface area contributed by atoms with Crippen LogP contribution in [0.5, 0.6) is 0 Å². The van der Waals surface area contributed by atoms with Gasteiger partial charge in [-0.15, -0.1) is 0 Å². The summed E-state index contributed by atoms with van der Waals surface area (Å²) in [7, 11) is -3.64. The number of halogens is 6. The molecule has 0 atom stereocenters. The summed E-state index contributed by atoms with van der Waals surface area (Å²) < 4.78 is 79.5. The molecule has 0 bridgehead atoms. The topological polar surface area (TPSA) is 66.5 Å². The van der Waals surface area contributed by atoms with Gasteiger partial charge in [0.2, 0.25) is 15.9 Å². The number of nitrogens with one attached hydrogen (secondary N) is 1. The number of rotatable bonds is 6. The van der Waals surface area contributed by atoms with Gasteiger partial charge in [0.25, 0.3) is 0 Å². The Bertz CT molecular complexity index is 1450. The zero-order valence-electron chi connectivity index (χ0n) is 19.1. The maximum absolute atomic E-state index is 13.9. The third-order valence-electron chi connectivity index (χ3n) is 5.94. The van der Waals surface area contributed by atoms with Crippen molar-refractivity contribution in [3.63, 3.8) is 0 Å². The maximum atomic E-state index is 13.9. The SMILES string of the molecule is O=C(Cc1ccc(C(F)(F)F)c(F)c1)Nc1c(Cl)ccc2c1CCN(S(=O)(=O)Cc1ccc(Cl)cc1)C2. The van der Waals surface area contributed by atoms with E-state index in [1.54, 1.807) is 30.3 Å². The highest BCUT2D eigenvalue weighted by Gasteiger charge is 2.34. The van der Waals surface area contributed by atoms with Crippen LogP contribution in [0, 0.1) is 5.82 Å². The van der Waals surface area contributed by atoms with Crippen LogP contribution in [0.3, 0.4) is 0 Å². The second-order valence-corrected chi connectivity index (χ2v) is 11.4. The number of hydrogen-bond acceptors (Lipinski definition) is 3. The third kappa shape index (κ3) is 6.43. The Morgan fingerprint density at radius 2 is 1.68 bits per heavy atom. The van der Waals surface area contributed by atoms with Crippen LogP contribution in [0.25, 0.3) is 0 Å². The molecule has 4 rings (SSSR count). The highest BCUT2D eigenvalue weighted by Crippen LogP contribution is 2.35. The van der Waals surface area contributed by atoms with Gasteiger partial charge in [-0.25, -0.2) is 12.8 Å². The Hall–Kier alpha value is -2.66. The molecule has 0 spiro atoms. The molecule has 12 heteroatoms. The number of sulfonamides is 1. The van der Waals surface area contributed by atoms with E-state index in [9.17, 15) is 30.8 Å². The number of carbonyl (C=O) groups excluding carboxylic acids is 1. The standard InChI is InChI=1S/C25H20Cl2F4N2O3S/c26-18-5-1-15(2-6-18)14-37(35,36)33-10-9-19-17(13-33)4-8-21(27)24(19)32-23(34)12-16-3-7-20(22(28)11-16)25(29,30)31/h1-8,11H,9-10,12-14H2,(H,32,34). The molecular weight excluding hydrogens is 555 g/mol. The maximum Gasteiger partial charge on any atom is 0.419 e. The molecule has 0 saturated carbocycles. The second-order valence-electron chi connectivity index (χ2n) is 8.56. The first-order valence-corrected chi connectivity index (χ1v) is 13.4. The zero-order valence-corrected chi connectivity index (χ0v) is 21.4. The minimum absolute atomic E-state index is 0.0587. The van der Waals surface area contributed by atoms with Crippen LogP contribution in [0.15, 0.2) is 54.6 Å². The molecule has 1 aliphatic rings. The largest absolute Gasteiger partial charge is 0.419 e. The van der Waals surface area contributed by atoms with Crippen LogP contribution in [0.4, 0.5) is 23.2 Å². The molecule has 0 radical (unpaired) electrons. The molecule has 5 nitrogen and oxygen atoms in total. The van der Waals surface area contributed by atoms with E-state index in [-0.39, 0.29) is 42.3 Å². The first kappa shape index (κ1) is 27.4. The molecular formula is C25H20Cl2F4N2O3S. The first-order chi connectivity index (χ1) is 17.3. The summed E-state index contributed by atoms with van der Waals surface area (Å²) in [6.07, 6.45) is -4.94. The molecule has 37 heavy (non-hydrogen) atoms. The monoisotopic (exact) mass is 574 g/mol. The summed E-state index contributed by atoms with van der Waals surface area (Å²) in [6.45, 7) is 0.242. The van der Waals surface area contributed by atoms with Crippen molar-refractivity contribution in [1.82, 2.24) is 4.31 Å².